The standard InChI is InChI=1S/C12H11BrN4O4/c13-7-1-2-8(11(18)19)9(5-7)16-12(20)14-4-3-10-15-6-21-17-10/h1-2,5-6H,3-4H2,(H,18,19)(H2,14,16,20). The summed E-state index contributed by atoms with van der Waals surface area (Å²) in [7, 11) is 0. The summed E-state index contributed by atoms with van der Waals surface area (Å²) < 4.78 is 5.22. The lowest BCUT2D eigenvalue weighted by atomic mass is 10.2. The number of carbonyl (C=O) groups excluding carboxylic acids is 1. The van der Waals surface area contributed by atoms with E-state index in [4.69, 9.17) is 5.11 Å². The van der Waals surface area contributed by atoms with E-state index in [2.05, 4.69) is 41.2 Å². The van der Waals surface area contributed by atoms with Gasteiger partial charge in [0.05, 0.1) is 11.3 Å². The summed E-state index contributed by atoms with van der Waals surface area (Å²) in [6.07, 6.45) is 1.62. The van der Waals surface area contributed by atoms with Crippen LogP contribution in [0, 0.1) is 0 Å². The third-order valence-corrected chi connectivity index (χ3v) is 2.99. The largest absolute Gasteiger partial charge is 0.478 e. The van der Waals surface area contributed by atoms with Gasteiger partial charge >= 0.3 is 12.0 Å². The van der Waals surface area contributed by atoms with Crippen LogP contribution in [-0.4, -0.2) is 33.8 Å². The Kier molecular flexibility index (Phi) is 4.88. The van der Waals surface area contributed by atoms with Crippen LogP contribution in [0.5, 0.6) is 0 Å². The fourth-order valence-electron chi connectivity index (χ4n) is 1.56. The second-order valence-corrected chi connectivity index (χ2v) is 4.89. The predicted molar refractivity (Wildman–Crippen MR) is 76.1 cm³/mol. The van der Waals surface area contributed by atoms with Gasteiger partial charge in [-0.25, -0.2) is 9.59 Å². The maximum Gasteiger partial charge on any atom is 0.337 e. The molecule has 0 aliphatic heterocycles. The van der Waals surface area contributed by atoms with Crippen molar-refractivity contribution in [1.29, 1.82) is 0 Å². The summed E-state index contributed by atoms with van der Waals surface area (Å²) in [6.45, 7) is 0.293. The van der Waals surface area contributed by atoms with Gasteiger partial charge in [0, 0.05) is 17.4 Å². The molecule has 0 bridgehead atoms. The molecule has 0 radical (unpaired) electrons. The van der Waals surface area contributed by atoms with Gasteiger partial charge in [0.25, 0.3) is 0 Å². The molecule has 2 aromatic rings. The first-order valence-corrected chi connectivity index (χ1v) is 6.68. The number of anilines is 1. The molecule has 0 aliphatic carbocycles. The van der Waals surface area contributed by atoms with Gasteiger partial charge in [-0.3, -0.25) is 0 Å². The maximum absolute atomic E-state index is 11.7. The molecule has 0 saturated heterocycles. The number of aromatic carboxylic acids is 1. The number of benzene rings is 1. The average molecular weight is 355 g/mol. The summed E-state index contributed by atoms with van der Waals surface area (Å²) in [5.41, 5.74) is 0.209. The van der Waals surface area contributed by atoms with Crippen LogP contribution in [-0.2, 0) is 6.42 Å². The Bertz CT molecular complexity index is 645. The first kappa shape index (κ1) is 15.0. The Hall–Kier alpha value is -2.42. The summed E-state index contributed by atoms with van der Waals surface area (Å²) >= 11 is 3.22. The Labute approximate surface area is 127 Å². The normalized spacial score (nSPS) is 10.1. The number of amides is 2. The highest BCUT2D eigenvalue weighted by atomic mass is 79.9. The highest BCUT2D eigenvalue weighted by molar-refractivity contribution is 9.10. The molecule has 1 aromatic heterocycles. The summed E-state index contributed by atoms with van der Waals surface area (Å²) in [6, 6.07) is 3.99. The van der Waals surface area contributed by atoms with Gasteiger partial charge < -0.3 is 20.3 Å². The molecule has 1 aromatic carbocycles. The van der Waals surface area contributed by atoms with E-state index in [-0.39, 0.29) is 11.3 Å². The van der Waals surface area contributed by atoms with Crippen molar-refractivity contribution in [2.75, 3.05) is 11.9 Å². The summed E-state index contributed by atoms with van der Waals surface area (Å²) in [5.74, 6) is -0.645. The van der Waals surface area contributed by atoms with Crippen LogP contribution in [0.2, 0.25) is 0 Å². The van der Waals surface area contributed by atoms with Crippen LogP contribution in [0.25, 0.3) is 0 Å². The molecule has 2 rings (SSSR count). The van der Waals surface area contributed by atoms with Gasteiger partial charge in [-0.2, -0.15) is 4.98 Å². The topological polar surface area (TPSA) is 117 Å². The molecule has 110 valence electrons. The molecule has 1 heterocycles. The third-order valence-electron chi connectivity index (χ3n) is 2.50. The molecule has 9 heteroatoms. The number of carboxylic acid groups (broad SMARTS) is 1. The molecule has 0 atom stereocenters. The zero-order valence-corrected chi connectivity index (χ0v) is 12.3. The molecule has 0 saturated carbocycles. The number of carbonyl (C=O) groups is 2. The SMILES string of the molecule is O=C(NCCc1ncon1)Nc1cc(Br)ccc1C(=O)O. The Morgan fingerprint density at radius 1 is 1.38 bits per heavy atom. The zero-order chi connectivity index (χ0) is 15.2. The van der Waals surface area contributed by atoms with Crippen LogP contribution < -0.4 is 10.6 Å². The molecule has 0 fully saturated rings. The quantitative estimate of drug-likeness (QED) is 0.754. The summed E-state index contributed by atoms with van der Waals surface area (Å²) in [4.78, 5) is 26.6. The van der Waals surface area contributed by atoms with Crippen molar-refractivity contribution in [3.63, 3.8) is 0 Å². The number of halogens is 1. The Morgan fingerprint density at radius 2 is 2.19 bits per heavy atom. The minimum Gasteiger partial charge on any atom is -0.478 e. The molecular weight excluding hydrogens is 344 g/mol. The fourth-order valence-corrected chi connectivity index (χ4v) is 1.92. The van der Waals surface area contributed by atoms with Gasteiger partial charge in [0.2, 0.25) is 6.39 Å². The Morgan fingerprint density at radius 3 is 2.86 bits per heavy atom. The van der Waals surface area contributed by atoms with Gasteiger partial charge in [0.15, 0.2) is 5.82 Å². The second-order valence-electron chi connectivity index (χ2n) is 3.97. The van der Waals surface area contributed by atoms with Gasteiger partial charge in [-0.05, 0) is 18.2 Å². The molecule has 0 unspecified atom stereocenters. The van der Waals surface area contributed by atoms with Gasteiger partial charge in [-0.1, -0.05) is 21.1 Å². The number of nitrogens with zero attached hydrogens (tertiary/aromatic N) is 2. The van der Waals surface area contributed by atoms with Gasteiger partial charge in [0.1, 0.15) is 0 Å². The van der Waals surface area contributed by atoms with E-state index < -0.39 is 12.0 Å². The van der Waals surface area contributed by atoms with Crippen LogP contribution in [0.15, 0.2) is 33.6 Å². The minimum atomic E-state index is -1.12. The van der Waals surface area contributed by atoms with Crippen molar-refractivity contribution < 1.29 is 19.2 Å². The lowest BCUT2D eigenvalue weighted by molar-refractivity contribution is 0.0698. The number of hydrogen-bond acceptors (Lipinski definition) is 5. The third kappa shape index (κ3) is 4.28. The van der Waals surface area contributed by atoms with E-state index in [0.29, 0.717) is 23.3 Å². The maximum atomic E-state index is 11.7. The van der Waals surface area contributed by atoms with Crippen LogP contribution in [0.3, 0.4) is 0 Å². The van der Waals surface area contributed by atoms with E-state index in [0.717, 1.165) is 0 Å². The van der Waals surface area contributed by atoms with Crippen molar-refractivity contribution in [2.45, 2.75) is 6.42 Å². The zero-order valence-electron chi connectivity index (χ0n) is 10.7. The molecular formula is C12H11BrN4O4. The van der Waals surface area contributed by atoms with E-state index in [1.165, 1.54) is 18.5 Å². The molecule has 0 spiro atoms. The van der Waals surface area contributed by atoms with E-state index in [9.17, 15) is 9.59 Å². The number of rotatable bonds is 5. The van der Waals surface area contributed by atoms with Crippen molar-refractivity contribution in [2.24, 2.45) is 0 Å². The van der Waals surface area contributed by atoms with Crippen molar-refractivity contribution in [3.8, 4) is 0 Å². The number of hydrogen-bond donors (Lipinski definition) is 3. The molecule has 8 nitrogen and oxygen atoms in total. The van der Waals surface area contributed by atoms with Crippen LogP contribution >= 0.6 is 15.9 Å². The lowest BCUT2D eigenvalue weighted by Gasteiger charge is -2.09. The summed E-state index contributed by atoms with van der Waals surface area (Å²) in [5, 5.41) is 17.7. The van der Waals surface area contributed by atoms with E-state index >= 15 is 0 Å². The Balaban J connectivity index is 1.93. The smallest absolute Gasteiger partial charge is 0.337 e. The number of nitrogens with one attached hydrogen (secondary N) is 2. The van der Waals surface area contributed by atoms with Gasteiger partial charge in [-0.15, -0.1) is 0 Å². The monoisotopic (exact) mass is 354 g/mol. The molecule has 0 aliphatic rings. The second kappa shape index (κ2) is 6.84. The first-order chi connectivity index (χ1) is 10.1. The molecule has 21 heavy (non-hydrogen) atoms. The number of aromatic nitrogens is 2. The highest BCUT2D eigenvalue weighted by Gasteiger charge is 2.12. The van der Waals surface area contributed by atoms with Crippen LogP contribution in [0.1, 0.15) is 16.2 Å². The first-order valence-electron chi connectivity index (χ1n) is 5.89. The van der Waals surface area contributed by atoms with Crippen LogP contribution in [0.4, 0.5) is 10.5 Å². The van der Waals surface area contributed by atoms with E-state index in [1.807, 2.05) is 0 Å². The number of carboxylic acids is 1. The minimum absolute atomic E-state index is 0.00604. The molecule has 2 amide bonds. The average Bonchev–Trinajstić information content (AvgIpc) is 2.91. The lowest BCUT2D eigenvalue weighted by Crippen LogP contribution is -2.31. The van der Waals surface area contributed by atoms with Crippen molar-refractivity contribution in [3.05, 3.63) is 40.5 Å². The van der Waals surface area contributed by atoms with E-state index in [1.54, 1.807) is 6.07 Å². The molecule has 3 N–H and O–H groups in total. The van der Waals surface area contributed by atoms with Crippen molar-refractivity contribution in [1.82, 2.24) is 15.5 Å². The highest BCUT2D eigenvalue weighted by Crippen LogP contribution is 2.21. The fraction of sp³-hybridized carbons (Fsp3) is 0.167. The predicted octanol–water partition coefficient (Wildman–Crippen LogP) is 1.89. The van der Waals surface area contributed by atoms with Crippen molar-refractivity contribution >= 4 is 33.6 Å². The number of urea groups is 1.